The van der Waals surface area contributed by atoms with Gasteiger partial charge in [-0.05, 0) is 17.7 Å². The number of benzene rings is 1. The van der Waals surface area contributed by atoms with Crippen molar-refractivity contribution in [1.29, 1.82) is 0 Å². The zero-order chi connectivity index (χ0) is 11.7. The molecule has 0 aliphatic carbocycles. The summed E-state index contributed by atoms with van der Waals surface area (Å²) in [6.45, 7) is 0. The number of ether oxygens (including phenoxy) is 1. The highest BCUT2D eigenvalue weighted by Gasteiger charge is 2.40. The quantitative estimate of drug-likeness (QED) is 0.773. The van der Waals surface area contributed by atoms with Crippen LogP contribution in [0.5, 0.6) is 0 Å². The maximum Gasteiger partial charge on any atom is 0.311 e. The molecule has 1 heterocycles. The molecule has 1 saturated heterocycles. The van der Waals surface area contributed by atoms with Crippen LogP contribution in [0.3, 0.4) is 0 Å². The van der Waals surface area contributed by atoms with Gasteiger partial charge in [0.25, 0.3) is 0 Å². The van der Waals surface area contributed by atoms with Gasteiger partial charge in [-0.2, -0.15) is 0 Å². The number of cyclic esters (lactones) is 1. The summed E-state index contributed by atoms with van der Waals surface area (Å²) in [7, 11) is 0. The van der Waals surface area contributed by atoms with Crippen LogP contribution in [0.2, 0.25) is 0 Å². The second-order valence-electron chi connectivity index (χ2n) is 3.61. The Morgan fingerprint density at radius 3 is 2.56 bits per heavy atom. The Hall–Kier alpha value is -1.91. The SMILES string of the molecule is O=C1C[C@H](C(=O)O)[C@H](c2ccc(F)cc2)O1. The predicted molar refractivity (Wildman–Crippen MR) is 51.0 cm³/mol. The molecule has 2 atom stereocenters. The summed E-state index contributed by atoms with van der Waals surface area (Å²) in [6.07, 6.45) is -0.956. The number of rotatable bonds is 2. The van der Waals surface area contributed by atoms with Crippen molar-refractivity contribution >= 4 is 11.9 Å². The summed E-state index contributed by atoms with van der Waals surface area (Å²) in [4.78, 5) is 21.9. The van der Waals surface area contributed by atoms with Crippen LogP contribution in [-0.2, 0) is 14.3 Å². The maximum absolute atomic E-state index is 12.7. The molecule has 1 N–H and O–H groups in total. The van der Waals surface area contributed by atoms with Gasteiger partial charge in [-0.15, -0.1) is 0 Å². The van der Waals surface area contributed by atoms with Gasteiger partial charge in [0.2, 0.25) is 0 Å². The summed E-state index contributed by atoms with van der Waals surface area (Å²) in [5.41, 5.74) is 0.500. The lowest BCUT2D eigenvalue weighted by Gasteiger charge is -2.14. The van der Waals surface area contributed by atoms with E-state index in [1.165, 1.54) is 24.3 Å². The lowest BCUT2D eigenvalue weighted by Crippen LogP contribution is -2.17. The van der Waals surface area contributed by atoms with E-state index in [-0.39, 0.29) is 6.42 Å². The van der Waals surface area contributed by atoms with Crippen LogP contribution in [0.1, 0.15) is 18.1 Å². The molecule has 0 radical (unpaired) electrons. The lowest BCUT2D eigenvalue weighted by molar-refractivity contribution is -0.144. The number of hydrogen-bond donors (Lipinski definition) is 1. The molecule has 4 nitrogen and oxygen atoms in total. The van der Waals surface area contributed by atoms with Gasteiger partial charge in [-0.1, -0.05) is 12.1 Å². The molecule has 16 heavy (non-hydrogen) atoms. The van der Waals surface area contributed by atoms with Gasteiger partial charge < -0.3 is 9.84 Å². The van der Waals surface area contributed by atoms with Crippen molar-refractivity contribution in [3.05, 3.63) is 35.6 Å². The molecule has 0 aromatic heterocycles. The van der Waals surface area contributed by atoms with Crippen LogP contribution >= 0.6 is 0 Å². The number of esters is 1. The van der Waals surface area contributed by atoms with E-state index in [1.807, 2.05) is 0 Å². The fourth-order valence-electron chi connectivity index (χ4n) is 1.73. The summed E-state index contributed by atoms with van der Waals surface area (Å²) >= 11 is 0. The normalized spacial score (nSPS) is 24.2. The van der Waals surface area contributed by atoms with E-state index in [2.05, 4.69) is 0 Å². The summed E-state index contributed by atoms with van der Waals surface area (Å²) in [5, 5.41) is 8.91. The van der Waals surface area contributed by atoms with Crippen molar-refractivity contribution in [1.82, 2.24) is 0 Å². The minimum atomic E-state index is -1.08. The molecule has 0 spiro atoms. The smallest absolute Gasteiger partial charge is 0.311 e. The van der Waals surface area contributed by atoms with Crippen molar-refractivity contribution in [2.24, 2.45) is 5.92 Å². The van der Waals surface area contributed by atoms with E-state index in [9.17, 15) is 14.0 Å². The third-order valence-electron chi connectivity index (χ3n) is 2.53. The van der Waals surface area contributed by atoms with Crippen molar-refractivity contribution < 1.29 is 23.8 Å². The Kier molecular flexibility index (Phi) is 2.60. The molecule has 0 bridgehead atoms. The van der Waals surface area contributed by atoms with Gasteiger partial charge in [-0.25, -0.2) is 4.39 Å². The standard InChI is InChI=1S/C11H9FO4/c12-7-3-1-6(2-4-7)10-8(11(14)15)5-9(13)16-10/h1-4,8,10H,5H2,(H,14,15)/t8-,10-/m0/s1. The van der Waals surface area contributed by atoms with Gasteiger partial charge in [0.1, 0.15) is 17.8 Å². The van der Waals surface area contributed by atoms with Crippen molar-refractivity contribution in [2.45, 2.75) is 12.5 Å². The zero-order valence-electron chi connectivity index (χ0n) is 8.22. The topological polar surface area (TPSA) is 63.6 Å². The summed E-state index contributed by atoms with van der Waals surface area (Å²) in [6, 6.07) is 5.27. The monoisotopic (exact) mass is 224 g/mol. The van der Waals surface area contributed by atoms with Gasteiger partial charge in [0.15, 0.2) is 0 Å². The van der Waals surface area contributed by atoms with Crippen LogP contribution in [0.15, 0.2) is 24.3 Å². The van der Waals surface area contributed by atoms with E-state index in [0.29, 0.717) is 5.56 Å². The second kappa shape index (κ2) is 3.92. The first-order chi connectivity index (χ1) is 7.58. The first kappa shape index (κ1) is 10.6. The zero-order valence-corrected chi connectivity index (χ0v) is 8.22. The molecular weight excluding hydrogens is 215 g/mol. The molecule has 0 saturated carbocycles. The number of carboxylic acid groups (broad SMARTS) is 1. The third kappa shape index (κ3) is 1.88. The number of hydrogen-bond acceptors (Lipinski definition) is 3. The number of halogens is 1. The fourth-order valence-corrected chi connectivity index (χ4v) is 1.73. The Bertz CT molecular complexity index is 426. The van der Waals surface area contributed by atoms with E-state index >= 15 is 0 Å². The predicted octanol–water partition coefficient (Wildman–Crippen LogP) is 1.51. The summed E-state index contributed by atoms with van der Waals surface area (Å²) < 4.78 is 17.6. The largest absolute Gasteiger partial charge is 0.481 e. The van der Waals surface area contributed by atoms with Crippen LogP contribution in [0.25, 0.3) is 0 Å². The first-order valence-corrected chi connectivity index (χ1v) is 4.75. The molecule has 1 aliphatic heterocycles. The van der Waals surface area contributed by atoms with Crippen LogP contribution in [0.4, 0.5) is 4.39 Å². The van der Waals surface area contributed by atoms with Crippen molar-refractivity contribution in [2.75, 3.05) is 0 Å². The van der Waals surface area contributed by atoms with E-state index in [0.717, 1.165) is 0 Å². The van der Waals surface area contributed by atoms with Crippen LogP contribution < -0.4 is 0 Å². The molecule has 1 fully saturated rings. The van der Waals surface area contributed by atoms with Crippen LogP contribution in [0, 0.1) is 11.7 Å². The van der Waals surface area contributed by atoms with Crippen LogP contribution in [-0.4, -0.2) is 17.0 Å². The molecule has 1 aromatic rings. The number of carbonyl (C=O) groups excluding carboxylic acids is 1. The highest BCUT2D eigenvalue weighted by molar-refractivity contribution is 5.82. The molecule has 1 aliphatic rings. The Morgan fingerprint density at radius 2 is 2.00 bits per heavy atom. The van der Waals surface area contributed by atoms with E-state index in [1.54, 1.807) is 0 Å². The van der Waals surface area contributed by atoms with Crippen molar-refractivity contribution in [3.8, 4) is 0 Å². The number of carbonyl (C=O) groups is 2. The Morgan fingerprint density at radius 1 is 1.38 bits per heavy atom. The highest BCUT2D eigenvalue weighted by atomic mass is 19.1. The average molecular weight is 224 g/mol. The maximum atomic E-state index is 12.7. The second-order valence-corrected chi connectivity index (χ2v) is 3.61. The molecule has 1 aromatic carbocycles. The first-order valence-electron chi connectivity index (χ1n) is 4.75. The highest BCUT2D eigenvalue weighted by Crippen LogP contribution is 2.35. The summed E-state index contributed by atoms with van der Waals surface area (Å²) in [5.74, 6) is -2.93. The minimum Gasteiger partial charge on any atom is -0.481 e. The Balaban J connectivity index is 2.28. The molecule has 2 rings (SSSR count). The fraction of sp³-hybridized carbons (Fsp3) is 0.273. The minimum absolute atomic E-state index is 0.141. The molecule has 5 heteroatoms. The van der Waals surface area contributed by atoms with Gasteiger partial charge in [0.05, 0.1) is 6.42 Å². The third-order valence-corrected chi connectivity index (χ3v) is 2.53. The molecular formula is C11H9FO4. The van der Waals surface area contributed by atoms with Gasteiger partial charge >= 0.3 is 11.9 Å². The molecule has 84 valence electrons. The Labute approximate surface area is 90.6 Å². The van der Waals surface area contributed by atoms with E-state index < -0.39 is 29.8 Å². The number of aliphatic carboxylic acids is 1. The average Bonchev–Trinajstić information content (AvgIpc) is 2.61. The molecule has 0 unspecified atom stereocenters. The van der Waals surface area contributed by atoms with E-state index in [4.69, 9.17) is 9.84 Å². The van der Waals surface area contributed by atoms with Crippen molar-refractivity contribution in [3.63, 3.8) is 0 Å². The van der Waals surface area contributed by atoms with Gasteiger partial charge in [0, 0.05) is 0 Å². The number of carboxylic acids is 1. The molecule has 0 amide bonds. The van der Waals surface area contributed by atoms with Gasteiger partial charge in [-0.3, -0.25) is 9.59 Å². The lowest BCUT2D eigenvalue weighted by atomic mass is 9.95.